The Labute approximate surface area is 79.3 Å². The second-order valence-corrected chi connectivity index (χ2v) is 1.87. The van der Waals surface area contributed by atoms with E-state index in [4.69, 9.17) is 10.8 Å². The van der Waals surface area contributed by atoms with Crippen molar-refractivity contribution in [2.45, 2.75) is 20.8 Å². The summed E-state index contributed by atoms with van der Waals surface area (Å²) in [5.41, 5.74) is 5.02. The summed E-state index contributed by atoms with van der Waals surface area (Å²) in [7, 11) is 0. The molecule has 0 aromatic carbocycles. The van der Waals surface area contributed by atoms with Crippen molar-refractivity contribution in [1.29, 1.82) is 0 Å². The molecular weight excluding hydrogens is 166 g/mol. The van der Waals surface area contributed by atoms with Crippen molar-refractivity contribution >= 4 is 5.91 Å². The predicted octanol–water partition coefficient (Wildman–Crippen LogP) is 2.07. The van der Waals surface area contributed by atoms with E-state index >= 15 is 0 Å². The summed E-state index contributed by atoms with van der Waals surface area (Å²) in [6, 6.07) is 0. The Morgan fingerprint density at radius 1 is 1.46 bits per heavy atom. The summed E-state index contributed by atoms with van der Waals surface area (Å²) in [5, 5.41) is 9.03. The number of carbonyl (C=O) groups excluding carboxylic acids is 1. The van der Waals surface area contributed by atoms with Gasteiger partial charge in [-0.15, -0.1) is 0 Å². The number of allylic oxidation sites excluding steroid dienone is 2. The maximum atomic E-state index is 10.6. The highest BCUT2D eigenvalue weighted by Gasteiger charge is 2.04. The van der Waals surface area contributed by atoms with Gasteiger partial charge in [0.15, 0.2) is 0 Å². The first-order chi connectivity index (χ1) is 6.13. The fourth-order valence-corrected chi connectivity index (χ4v) is 0.570. The topological polar surface area (TPSA) is 63.3 Å². The second kappa shape index (κ2) is 8.59. The first-order valence-corrected chi connectivity index (χ1v) is 4.11. The van der Waals surface area contributed by atoms with Gasteiger partial charge in [0, 0.05) is 0 Å². The van der Waals surface area contributed by atoms with Crippen LogP contribution in [0.2, 0.25) is 0 Å². The van der Waals surface area contributed by atoms with Gasteiger partial charge < -0.3 is 10.8 Å². The minimum absolute atomic E-state index is 0.0718. The largest absolute Gasteiger partial charge is 0.507 e. The molecule has 3 N–H and O–H groups in total. The number of hydrogen-bond acceptors (Lipinski definition) is 2. The van der Waals surface area contributed by atoms with Gasteiger partial charge in [-0.25, -0.2) is 0 Å². The lowest BCUT2D eigenvalue weighted by molar-refractivity contribution is -0.114. The van der Waals surface area contributed by atoms with Crippen LogP contribution in [0.1, 0.15) is 20.8 Å². The quantitative estimate of drug-likeness (QED) is 0.399. The smallest absolute Gasteiger partial charge is 0.252 e. The number of primary amides is 1. The molecule has 0 spiro atoms. The average Bonchev–Trinajstić information content (AvgIpc) is 2.15. The molecule has 0 unspecified atom stereocenters. The molecule has 0 aromatic heterocycles. The lowest BCUT2D eigenvalue weighted by atomic mass is 10.2. The van der Waals surface area contributed by atoms with Gasteiger partial charge in [-0.1, -0.05) is 26.5 Å². The van der Waals surface area contributed by atoms with E-state index in [1.807, 2.05) is 13.8 Å². The third-order valence-corrected chi connectivity index (χ3v) is 1.07. The molecule has 0 rings (SSSR count). The highest BCUT2D eigenvalue weighted by atomic mass is 16.3. The lowest BCUT2D eigenvalue weighted by Gasteiger charge is -1.96. The number of rotatable bonds is 3. The van der Waals surface area contributed by atoms with Gasteiger partial charge in [0.05, 0.1) is 5.57 Å². The van der Waals surface area contributed by atoms with Crippen molar-refractivity contribution in [1.82, 2.24) is 0 Å². The van der Waals surface area contributed by atoms with Crippen LogP contribution >= 0.6 is 0 Å². The van der Waals surface area contributed by atoms with E-state index < -0.39 is 5.91 Å². The number of aliphatic hydroxyl groups excluding tert-OH is 1. The molecule has 3 nitrogen and oxygen atoms in total. The van der Waals surface area contributed by atoms with Crippen LogP contribution in [0.5, 0.6) is 0 Å². The average molecular weight is 183 g/mol. The van der Waals surface area contributed by atoms with Gasteiger partial charge in [0.25, 0.3) is 5.91 Å². The van der Waals surface area contributed by atoms with Crippen molar-refractivity contribution in [3.8, 4) is 0 Å². The van der Waals surface area contributed by atoms with E-state index in [1.54, 1.807) is 13.0 Å². The van der Waals surface area contributed by atoms with Gasteiger partial charge in [-0.2, -0.15) is 0 Å². The highest BCUT2D eigenvalue weighted by molar-refractivity contribution is 5.95. The van der Waals surface area contributed by atoms with Crippen LogP contribution in [0, 0.1) is 0 Å². The third-order valence-electron chi connectivity index (χ3n) is 1.07. The van der Waals surface area contributed by atoms with Gasteiger partial charge in [-0.3, -0.25) is 4.79 Å². The van der Waals surface area contributed by atoms with Crippen LogP contribution in [0.15, 0.2) is 36.1 Å². The number of carbonyl (C=O) groups is 1. The van der Waals surface area contributed by atoms with Crippen molar-refractivity contribution in [2.75, 3.05) is 0 Å². The molecule has 0 saturated heterocycles. The van der Waals surface area contributed by atoms with Crippen molar-refractivity contribution in [2.24, 2.45) is 5.73 Å². The highest BCUT2D eigenvalue weighted by Crippen LogP contribution is 2.03. The zero-order valence-electron chi connectivity index (χ0n) is 8.37. The molecule has 74 valence electrons. The molecule has 0 aliphatic carbocycles. The zero-order valence-corrected chi connectivity index (χ0v) is 8.37. The van der Waals surface area contributed by atoms with Crippen LogP contribution in [0.25, 0.3) is 0 Å². The molecule has 0 saturated carbocycles. The molecule has 13 heavy (non-hydrogen) atoms. The first-order valence-electron chi connectivity index (χ1n) is 4.11. The van der Waals surface area contributed by atoms with Gasteiger partial charge >= 0.3 is 0 Å². The molecule has 1 amide bonds. The fourth-order valence-electron chi connectivity index (χ4n) is 0.570. The molecule has 0 aliphatic heterocycles. The lowest BCUT2D eigenvalue weighted by Crippen LogP contribution is -2.14. The standard InChI is InChI=1S/C8H11NO2.C2H6/c1-3-5-6(8(9)11)7(10)4-2;1-2/h3-5,10H,2H2,1H3,(H2,9,11);1-2H3/b5-3-,7-6-;. The number of amides is 1. The Bertz CT molecular complexity index is 227. The Morgan fingerprint density at radius 2 is 1.92 bits per heavy atom. The Morgan fingerprint density at radius 3 is 2.15 bits per heavy atom. The number of nitrogens with two attached hydrogens (primary N) is 1. The van der Waals surface area contributed by atoms with Gasteiger partial charge in [0.2, 0.25) is 0 Å². The fraction of sp³-hybridized carbons (Fsp3) is 0.300. The van der Waals surface area contributed by atoms with Crippen molar-refractivity contribution < 1.29 is 9.90 Å². The Hall–Kier alpha value is -1.51. The van der Waals surface area contributed by atoms with E-state index in [0.717, 1.165) is 0 Å². The summed E-state index contributed by atoms with van der Waals surface area (Å²) < 4.78 is 0. The van der Waals surface area contributed by atoms with E-state index in [-0.39, 0.29) is 11.3 Å². The molecule has 0 aromatic rings. The molecule has 0 bridgehead atoms. The summed E-state index contributed by atoms with van der Waals surface area (Å²) in [4.78, 5) is 10.6. The molecule has 0 atom stereocenters. The number of hydrogen-bond donors (Lipinski definition) is 2. The molecule has 3 heteroatoms. The van der Waals surface area contributed by atoms with E-state index in [0.29, 0.717) is 0 Å². The van der Waals surface area contributed by atoms with Crippen LogP contribution in [0.4, 0.5) is 0 Å². The van der Waals surface area contributed by atoms with E-state index in [1.165, 1.54) is 12.2 Å². The van der Waals surface area contributed by atoms with Crippen molar-refractivity contribution in [3.05, 3.63) is 36.1 Å². The molecular formula is C10H17NO2. The predicted molar refractivity (Wildman–Crippen MR) is 55.2 cm³/mol. The molecule has 0 radical (unpaired) electrons. The van der Waals surface area contributed by atoms with Crippen LogP contribution in [-0.2, 0) is 4.79 Å². The van der Waals surface area contributed by atoms with Gasteiger partial charge in [-0.05, 0) is 19.1 Å². The molecule has 0 aliphatic rings. The SMILES string of the molecule is C=C/C(O)=C(\C=C/C)C(N)=O.CC. The second-order valence-electron chi connectivity index (χ2n) is 1.87. The van der Waals surface area contributed by atoms with Crippen LogP contribution in [0.3, 0.4) is 0 Å². The molecule has 0 fully saturated rings. The van der Waals surface area contributed by atoms with Gasteiger partial charge in [0.1, 0.15) is 5.76 Å². The van der Waals surface area contributed by atoms with Crippen LogP contribution in [-0.4, -0.2) is 11.0 Å². The normalized spacial score (nSPS) is 11.3. The summed E-state index contributed by atoms with van der Waals surface area (Å²) >= 11 is 0. The van der Waals surface area contributed by atoms with E-state index in [2.05, 4.69) is 6.58 Å². The number of aliphatic hydroxyl groups is 1. The summed E-state index contributed by atoms with van der Waals surface area (Å²) in [5.74, 6) is -0.865. The Balaban J connectivity index is 0. The first kappa shape index (κ1) is 14.0. The zero-order chi connectivity index (χ0) is 10.9. The minimum atomic E-state index is -0.666. The Kier molecular flexibility index (Phi) is 9.27. The van der Waals surface area contributed by atoms with Crippen LogP contribution < -0.4 is 5.73 Å². The monoisotopic (exact) mass is 183 g/mol. The maximum Gasteiger partial charge on any atom is 0.252 e. The third kappa shape index (κ3) is 5.73. The van der Waals surface area contributed by atoms with E-state index in [9.17, 15) is 4.79 Å². The summed E-state index contributed by atoms with van der Waals surface area (Å²) in [6.07, 6.45) is 4.21. The molecule has 0 heterocycles. The minimum Gasteiger partial charge on any atom is -0.507 e. The maximum absolute atomic E-state index is 10.6. The summed E-state index contributed by atoms with van der Waals surface area (Å²) in [6.45, 7) is 9.02. The van der Waals surface area contributed by atoms with Crippen molar-refractivity contribution in [3.63, 3.8) is 0 Å².